The predicted octanol–water partition coefficient (Wildman–Crippen LogP) is 4.31. The largest absolute Gasteiger partial charge is 0.350 e. The standard InChI is InChI=1S/C21H16F2N6O/c22-15-10-8-14(9-11-15)13-25-20-27-19(18-7-3-4-12-24-18)28-29(20)21(30)26-17-6-2-1-5-16(17)23/h1-12H,13H2,(H,26,30)(H,25,27,28). The fourth-order valence-electron chi connectivity index (χ4n) is 2.69. The number of aromatic nitrogens is 4. The first-order valence-corrected chi connectivity index (χ1v) is 9.03. The number of nitrogens with one attached hydrogen (secondary N) is 2. The van der Waals surface area contributed by atoms with Gasteiger partial charge in [0.2, 0.25) is 11.8 Å². The Labute approximate surface area is 170 Å². The normalized spacial score (nSPS) is 10.6. The summed E-state index contributed by atoms with van der Waals surface area (Å²) in [6.45, 7) is 0.271. The smallest absolute Gasteiger partial charge is 0.349 e. The Morgan fingerprint density at radius 3 is 2.47 bits per heavy atom. The van der Waals surface area contributed by atoms with E-state index in [2.05, 4.69) is 25.7 Å². The molecule has 4 rings (SSSR count). The van der Waals surface area contributed by atoms with Crippen LogP contribution in [0.25, 0.3) is 11.5 Å². The van der Waals surface area contributed by atoms with Gasteiger partial charge in [-0.3, -0.25) is 4.98 Å². The first-order valence-electron chi connectivity index (χ1n) is 9.03. The molecule has 0 saturated carbocycles. The first-order chi connectivity index (χ1) is 14.6. The van der Waals surface area contributed by atoms with Crippen molar-refractivity contribution in [2.75, 3.05) is 10.6 Å². The van der Waals surface area contributed by atoms with Crippen LogP contribution in [0.2, 0.25) is 0 Å². The Morgan fingerprint density at radius 1 is 0.967 bits per heavy atom. The molecule has 0 aliphatic carbocycles. The van der Waals surface area contributed by atoms with Gasteiger partial charge in [-0.1, -0.05) is 30.3 Å². The molecule has 2 aromatic heterocycles. The molecule has 2 heterocycles. The van der Waals surface area contributed by atoms with Crippen LogP contribution in [0.3, 0.4) is 0 Å². The van der Waals surface area contributed by atoms with Crippen LogP contribution in [0.15, 0.2) is 72.9 Å². The van der Waals surface area contributed by atoms with Crippen LogP contribution in [0, 0.1) is 11.6 Å². The van der Waals surface area contributed by atoms with E-state index in [0.29, 0.717) is 5.69 Å². The van der Waals surface area contributed by atoms with Crippen LogP contribution in [0.1, 0.15) is 5.56 Å². The molecule has 2 N–H and O–H groups in total. The lowest BCUT2D eigenvalue weighted by molar-refractivity contribution is 0.251. The third kappa shape index (κ3) is 4.30. The van der Waals surface area contributed by atoms with Gasteiger partial charge in [-0.05, 0) is 42.0 Å². The van der Waals surface area contributed by atoms with Gasteiger partial charge in [0, 0.05) is 12.7 Å². The molecule has 0 aliphatic heterocycles. The number of rotatable bonds is 5. The third-order valence-corrected chi connectivity index (χ3v) is 4.17. The van der Waals surface area contributed by atoms with E-state index in [1.54, 1.807) is 42.6 Å². The molecule has 0 saturated heterocycles. The molecule has 2 aromatic carbocycles. The van der Waals surface area contributed by atoms with Gasteiger partial charge in [0.25, 0.3) is 0 Å². The van der Waals surface area contributed by atoms with Gasteiger partial charge in [-0.25, -0.2) is 13.6 Å². The van der Waals surface area contributed by atoms with Crippen molar-refractivity contribution in [2.24, 2.45) is 0 Å². The zero-order valence-corrected chi connectivity index (χ0v) is 15.6. The van der Waals surface area contributed by atoms with Gasteiger partial charge in [-0.15, -0.1) is 9.78 Å². The fourth-order valence-corrected chi connectivity index (χ4v) is 2.69. The number of hydrogen-bond donors (Lipinski definition) is 2. The maximum absolute atomic E-state index is 13.9. The quantitative estimate of drug-likeness (QED) is 0.516. The highest BCUT2D eigenvalue weighted by Crippen LogP contribution is 2.18. The Bertz CT molecular complexity index is 1160. The summed E-state index contributed by atoms with van der Waals surface area (Å²) in [5.74, 6) is -0.560. The van der Waals surface area contributed by atoms with E-state index in [9.17, 15) is 13.6 Å². The van der Waals surface area contributed by atoms with E-state index < -0.39 is 11.8 Å². The highest BCUT2D eigenvalue weighted by atomic mass is 19.1. The number of anilines is 2. The summed E-state index contributed by atoms with van der Waals surface area (Å²) >= 11 is 0. The van der Waals surface area contributed by atoms with Crippen molar-refractivity contribution in [3.05, 3.63) is 90.1 Å². The van der Waals surface area contributed by atoms with Crippen molar-refractivity contribution < 1.29 is 13.6 Å². The summed E-state index contributed by atoms with van der Waals surface area (Å²) in [5, 5.41) is 9.70. The van der Waals surface area contributed by atoms with Crippen LogP contribution in [-0.2, 0) is 6.54 Å². The number of nitrogens with zero attached hydrogens (tertiary/aromatic N) is 4. The van der Waals surface area contributed by atoms with Crippen LogP contribution in [0.4, 0.5) is 25.2 Å². The van der Waals surface area contributed by atoms with Crippen molar-refractivity contribution in [2.45, 2.75) is 6.54 Å². The number of amides is 1. The molecule has 4 aromatic rings. The molecular formula is C21H16F2N6O. The number of benzene rings is 2. The number of para-hydroxylation sites is 1. The Balaban J connectivity index is 1.63. The third-order valence-electron chi connectivity index (χ3n) is 4.17. The average Bonchev–Trinajstić information content (AvgIpc) is 3.20. The minimum absolute atomic E-state index is 0.0156. The molecule has 0 radical (unpaired) electrons. The molecule has 1 amide bonds. The molecule has 30 heavy (non-hydrogen) atoms. The number of carbonyl (C=O) groups excluding carboxylic acids is 1. The molecule has 150 valence electrons. The van der Waals surface area contributed by atoms with Crippen LogP contribution in [0.5, 0.6) is 0 Å². The molecule has 0 aliphatic rings. The highest BCUT2D eigenvalue weighted by molar-refractivity contribution is 5.92. The lowest BCUT2D eigenvalue weighted by Gasteiger charge is -2.09. The molecule has 0 atom stereocenters. The Hall–Kier alpha value is -4.14. The van der Waals surface area contributed by atoms with Crippen LogP contribution in [-0.4, -0.2) is 25.8 Å². The molecule has 0 bridgehead atoms. The van der Waals surface area contributed by atoms with Gasteiger partial charge in [0.15, 0.2) is 0 Å². The summed E-state index contributed by atoms with van der Waals surface area (Å²) < 4.78 is 28.0. The summed E-state index contributed by atoms with van der Waals surface area (Å²) in [7, 11) is 0. The minimum Gasteiger partial charge on any atom is -0.350 e. The molecular weight excluding hydrogens is 390 g/mol. The van der Waals surface area contributed by atoms with Gasteiger partial charge in [-0.2, -0.15) is 4.98 Å². The highest BCUT2D eigenvalue weighted by Gasteiger charge is 2.19. The number of hydrogen-bond acceptors (Lipinski definition) is 5. The summed E-state index contributed by atoms with van der Waals surface area (Å²) in [5.41, 5.74) is 1.27. The van der Waals surface area contributed by atoms with Crippen molar-refractivity contribution in [1.29, 1.82) is 0 Å². The van der Waals surface area contributed by atoms with Crippen LogP contribution < -0.4 is 10.6 Å². The topological polar surface area (TPSA) is 84.7 Å². The summed E-state index contributed by atoms with van der Waals surface area (Å²) in [6.07, 6.45) is 1.58. The van der Waals surface area contributed by atoms with E-state index in [0.717, 1.165) is 10.2 Å². The SMILES string of the molecule is O=C(Nc1ccccc1F)n1nc(-c2ccccn2)nc1NCc1ccc(F)cc1. The second-order valence-corrected chi connectivity index (χ2v) is 6.28. The van der Waals surface area contributed by atoms with Crippen molar-refractivity contribution in [3.63, 3.8) is 0 Å². The maximum atomic E-state index is 13.9. The van der Waals surface area contributed by atoms with Gasteiger partial charge >= 0.3 is 6.03 Å². The van der Waals surface area contributed by atoms with E-state index in [4.69, 9.17) is 0 Å². The average molecular weight is 406 g/mol. The number of halogens is 2. The second-order valence-electron chi connectivity index (χ2n) is 6.28. The Kier molecular flexibility index (Phi) is 5.42. The van der Waals surface area contributed by atoms with E-state index >= 15 is 0 Å². The molecule has 9 heteroatoms. The zero-order chi connectivity index (χ0) is 20.9. The molecule has 7 nitrogen and oxygen atoms in total. The monoisotopic (exact) mass is 406 g/mol. The van der Waals surface area contributed by atoms with E-state index in [1.165, 1.54) is 30.3 Å². The maximum Gasteiger partial charge on any atom is 0.349 e. The van der Waals surface area contributed by atoms with Crippen molar-refractivity contribution in [1.82, 2.24) is 19.7 Å². The van der Waals surface area contributed by atoms with Crippen molar-refractivity contribution in [3.8, 4) is 11.5 Å². The van der Waals surface area contributed by atoms with Crippen molar-refractivity contribution >= 4 is 17.7 Å². The molecule has 0 fully saturated rings. The lowest BCUT2D eigenvalue weighted by Crippen LogP contribution is -2.23. The molecule has 0 spiro atoms. The zero-order valence-electron chi connectivity index (χ0n) is 15.6. The van der Waals surface area contributed by atoms with E-state index in [1.807, 2.05) is 0 Å². The number of carbonyl (C=O) groups is 1. The minimum atomic E-state index is -0.698. The fraction of sp³-hybridized carbons (Fsp3) is 0.0476. The number of pyridine rings is 1. The summed E-state index contributed by atoms with van der Waals surface area (Å²) in [4.78, 5) is 21.3. The van der Waals surface area contributed by atoms with Gasteiger partial charge < -0.3 is 10.6 Å². The molecule has 0 unspecified atom stereocenters. The van der Waals surface area contributed by atoms with Gasteiger partial charge in [0.1, 0.15) is 17.3 Å². The lowest BCUT2D eigenvalue weighted by atomic mass is 10.2. The predicted molar refractivity (Wildman–Crippen MR) is 108 cm³/mol. The van der Waals surface area contributed by atoms with Gasteiger partial charge in [0.05, 0.1) is 5.69 Å². The second kappa shape index (κ2) is 8.48. The van der Waals surface area contributed by atoms with E-state index in [-0.39, 0.29) is 29.8 Å². The summed E-state index contributed by atoms with van der Waals surface area (Å²) in [6, 6.07) is 16.2. The Morgan fingerprint density at radius 2 is 1.73 bits per heavy atom. The first kappa shape index (κ1) is 19.2. The van der Waals surface area contributed by atoms with Crippen LogP contribution >= 0.6 is 0 Å².